The highest BCUT2D eigenvalue weighted by Crippen LogP contribution is 2.58. The summed E-state index contributed by atoms with van der Waals surface area (Å²) in [7, 11) is 0. The zero-order valence-corrected chi connectivity index (χ0v) is 20.5. The highest BCUT2D eigenvalue weighted by atomic mass is 14.5. The molecule has 37 heavy (non-hydrogen) atoms. The van der Waals surface area contributed by atoms with E-state index in [9.17, 15) is 0 Å². The second-order valence-corrected chi connectivity index (χ2v) is 9.70. The van der Waals surface area contributed by atoms with E-state index in [4.69, 9.17) is 0 Å². The van der Waals surface area contributed by atoms with Crippen LogP contribution in [0.15, 0.2) is 158 Å². The summed E-state index contributed by atoms with van der Waals surface area (Å²) < 4.78 is 0. The second kappa shape index (κ2) is 8.76. The van der Waals surface area contributed by atoms with E-state index >= 15 is 0 Å². The minimum Gasteiger partial charge on any atom is -0.0622 e. The average molecular weight is 471 g/mol. The van der Waals surface area contributed by atoms with Gasteiger partial charge in [0.1, 0.15) is 0 Å². The van der Waals surface area contributed by atoms with Crippen LogP contribution >= 0.6 is 0 Å². The fraction of sp³-hybridized carbons (Fsp3) is 0.0270. The number of rotatable bonds is 4. The summed E-state index contributed by atoms with van der Waals surface area (Å²) in [5.41, 5.74) is 12.5. The summed E-state index contributed by atoms with van der Waals surface area (Å²) in [5.74, 6) is 0. The molecule has 0 aliphatic heterocycles. The quantitative estimate of drug-likeness (QED) is 0.240. The number of benzene rings is 6. The highest BCUT2D eigenvalue weighted by Gasteiger charge is 2.46. The van der Waals surface area contributed by atoms with E-state index in [0.717, 1.165) is 0 Å². The Morgan fingerprint density at radius 2 is 0.811 bits per heavy atom. The van der Waals surface area contributed by atoms with Crippen LogP contribution in [0.25, 0.3) is 33.4 Å². The van der Waals surface area contributed by atoms with Crippen molar-refractivity contribution in [1.29, 1.82) is 0 Å². The van der Waals surface area contributed by atoms with Crippen molar-refractivity contribution in [1.82, 2.24) is 0 Å². The van der Waals surface area contributed by atoms with Gasteiger partial charge in [-0.2, -0.15) is 0 Å². The molecule has 1 aliphatic rings. The molecule has 174 valence electrons. The number of hydrogen-bond donors (Lipinski definition) is 0. The molecule has 0 heterocycles. The Morgan fingerprint density at radius 3 is 1.51 bits per heavy atom. The van der Waals surface area contributed by atoms with E-state index in [1.54, 1.807) is 0 Å². The van der Waals surface area contributed by atoms with Crippen molar-refractivity contribution in [3.05, 3.63) is 180 Å². The molecule has 0 bridgehead atoms. The SMILES string of the molecule is c1ccc(-c2cccc(-c3cccc4c3-c3ccccc3C4(c3ccccc3)c3ccccc3)c2)cc1. The summed E-state index contributed by atoms with van der Waals surface area (Å²) in [4.78, 5) is 0. The normalized spacial score (nSPS) is 13.1. The van der Waals surface area contributed by atoms with Crippen molar-refractivity contribution >= 4 is 0 Å². The Kier molecular flexibility index (Phi) is 5.11. The van der Waals surface area contributed by atoms with Crippen LogP contribution in [0.5, 0.6) is 0 Å². The Hall–Kier alpha value is -4.68. The summed E-state index contributed by atoms with van der Waals surface area (Å²) in [6.07, 6.45) is 0. The Balaban J connectivity index is 1.55. The molecule has 0 spiro atoms. The van der Waals surface area contributed by atoms with Gasteiger partial charge in [-0.1, -0.05) is 152 Å². The molecular formula is C37H26. The first-order valence-electron chi connectivity index (χ1n) is 12.9. The summed E-state index contributed by atoms with van der Waals surface area (Å²) in [5, 5.41) is 0. The second-order valence-electron chi connectivity index (χ2n) is 9.70. The van der Waals surface area contributed by atoms with Gasteiger partial charge in [-0.15, -0.1) is 0 Å². The largest absolute Gasteiger partial charge is 0.0713 e. The summed E-state index contributed by atoms with van der Waals surface area (Å²) in [6, 6.07) is 57.4. The molecule has 0 heteroatoms. The van der Waals surface area contributed by atoms with Crippen molar-refractivity contribution in [2.45, 2.75) is 5.41 Å². The topological polar surface area (TPSA) is 0 Å². The molecular weight excluding hydrogens is 444 g/mol. The fourth-order valence-electron chi connectivity index (χ4n) is 6.23. The van der Waals surface area contributed by atoms with Crippen LogP contribution < -0.4 is 0 Å². The Bertz CT molecular complexity index is 1660. The van der Waals surface area contributed by atoms with Crippen LogP contribution in [0.3, 0.4) is 0 Å². The molecule has 0 saturated heterocycles. The van der Waals surface area contributed by atoms with Crippen LogP contribution in [0.4, 0.5) is 0 Å². The van der Waals surface area contributed by atoms with Crippen LogP contribution in [-0.4, -0.2) is 0 Å². The van der Waals surface area contributed by atoms with Gasteiger partial charge in [0.05, 0.1) is 5.41 Å². The molecule has 0 nitrogen and oxygen atoms in total. The first-order chi connectivity index (χ1) is 18.4. The van der Waals surface area contributed by atoms with Gasteiger partial charge in [0.25, 0.3) is 0 Å². The third-order valence-electron chi connectivity index (χ3n) is 7.76. The molecule has 6 aromatic rings. The number of hydrogen-bond acceptors (Lipinski definition) is 0. The maximum Gasteiger partial charge on any atom is 0.0713 e. The smallest absolute Gasteiger partial charge is 0.0622 e. The molecule has 0 unspecified atom stereocenters. The molecule has 0 atom stereocenters. The van der Waals surface area contributed by atoms with Crippen molar-refractivity contribution in [2.75, 3.05) is 0 Å². The lowest BCUT2D eigenvalue weighted by atomic mass is 9.67. The van der Waals surface area contributed by atoms with Gasteiger partial charge in [-0.05, 0) is 61.7 Å². The Morgan fingerprint density at radius 1 is 0.324 bits per heavy atom. The van der Waals surface area contributed by atoms with Crippen molar-refractivity contribution in [2.24, 2.45) is 0 Å². The van der Waals surface area contributed by atoms with Gasteiger partial charge in [0.15, 0.2) is 0 Å². The predicted octanol–water partition coefficient (Wildman–Crippen LogP) is 9.38. The first-order valence-corrected chi connectivity index (χ1v) is 12.9. The highest BCUT2D eigenvalue weighted by molar-refractivity contribution is 5.96. The van der Waals surface area contributed by atoms with Crippen molar-refractivity contribution < 1.29 is 0 Å². The molecule has 0 amide bonds. The van der Waals surface area contributed by atoms with Crippen LogP contribution in [0.2, 0.25) is 0 Å². The fourth-order valence-corrected chi connectivity index (χ4v) is 6.23. The van der Waals surface area contributed by atoms with E-state index in [1.807, 2.05) is 0 Å². The minimum absolute atomic E-state index is 0.374. The number of fused-ring (bicyclic) bond motifs is 3. The van der Waals surface area contributed by atoms with E-state index in [0.29, 0.717) is 0 Å². The standard InChI is InChI=1S/C37H26/c1-4-14-27(15-5-1)28-16-12-17-29(26-28)32-23-13-25-35-36(32)33-22-10-11-24-34(33)37(35,30-18-6-2-7-19-30)31-20-8-3-9-21-31/h1-26H. The van der Waals surface area contributed by atoms with E-state index in [1.165, 1.54) is 55.6 Å². The third-order valence-corrected chi connectivity index (χ3v) is 7.76. The van der Waals surface area contributed by atoms with E-state index in [-0.39, 0.29) is 5.41 Å². The van der Waals surface area contributed by atoms with Gasteiger partial charge >= 0.3 is 0 Å². The molecule has 7 rings (SSSR count). The molecule has 0 aromatic heterocycles. The summed E-state index contributed by atoms with van der Waals surface area (Å²) >= 11 is 0. The van der Waals surface area contributed by atoms with Crippen LogP contribution in [0.1, 0.15) is 22.3 Å². The van der Waals surface area contributed by atoms with Gasteiger partial charge in [0.2, 0.25) is 0 Å². The zero-order valence-electron chi connectivity index (χ0n) is 20.5. The van der Waals surface area contributed by atoms with Gasteiger partial charge in [0, 0.05) is 0 Å². The zero-order chi connectivity index (χ0) is 24.7. The summed E-state index contributed by atoms with van der Waals surface area (Å²) in [6.45, 7) is 0. The minimum atomic E-state index is -0.374. The Labute approximate surface area is 218 Å². The van der Waals surface area contributed by atoms with Crippen LogP contribution in [-0.2, 0) is 5.41 Å². The molecule has 1 aliphatic carbocycles. The maximum atomic E-state index is 2.33. The third kappa shape index (κ3) is 3.30. The van der Waals surface area contributed by atoms with E-state index < -0.39 is 0 Å². The monoisotopic (exact) mass is 470 g/mol. The predicted molar refractivity (Wildman–Crippen MR) is 155 cm³/mol. The first kappa shape index (κ1) is 21.6. The van der Waals surface area contributed by atoms with Crippen molar-refractivity contribution in [3.63, 3.8) is 0 Å². The molecule has 0 radical (unpaired) electrons. The average Bonchev–Trinajstić information content (AvgIpc) is 3.30. The maximum absolute atomic E-state index is 2.33. The lowest BCUT2D eigenvalue weighted by Gasteiger charge is -2.34. The van der Waals surface area contributed by atoms with Gasteiger partial charge in [-0.3, -0.25) is 0 Å². The lowest BCUT2D eigenvalue weighted by molar-refractivity contribution is 0.768. The molecule has 0 saturated carbocycles. The van der Waals surface area contributed by atoms with E-state index in [2.05, 4.69) is 158 Å². The molecule has 6 aromatic carbocycles. The van der Waals surface area contributed by atoms with Crippen LogP contribution in [0, 0.1) is 0 Å². The lowest BCUT2D eigenvalue weighted by Crippen LogP contribution is -2.28. The van der Waals surface area contributed by atoms with Gasteiger partial charge < -0.3 is 0 Å². The van der Waals surface area contributed by atoms with Gasteiger partial charge in [-0.25, -0.2) is 0 Å². The van der Waals surface area contributed by atoms with Crippen molar-refractivity contribution in [3.8, 4) is 33.4 Å². The molecule has 0 N–H and O–H groups in total. The molecule has 0 fully saturated rings.